The van der Waals surface area contributed by atoms with E-state index >= 15 is 0 Å². The van der Waals surface area contributed by atoms with Crippen LogP contribution in [0, 0.1) is 0 Å². The van der Waals surface area contributed by atoms with Gasteiger partial charge in [-0.05, 0) is 49.7 Å². The van der Waals surface area contributed by atoms with Crippen LogP contribution in [0.5, 0.6) is 11.5 Å². The van der Waals surface area contributed by atoms with E-state index in [9.17, 15) is 4.79 Å². The highest BCUT2D eigenvalue weighted by Crippen LogP contribution is 2.34. The van der Waals surface area contributed by atoms with Gasteiger partial charge in [-0.2, -0.15) is 0 Å². The van der Waals surface area contributed by atoms with Gasteiger partial charge in [-0.15, -0.1) is 0 Å². The number of nitrogens with zero attached hydrogens (tertiary/aromatic N) is 1. The van der Waals surface area contributed by atoms with Gasteiger partial charge in [0.25, 0.3) is 0 Å². The molecule has 1 fully saturated rings. The van der Waals surface area contributed by atoms with E-state index in [2.05, 4.69) is 17.0 Å². The Morgan fingerprint density at radius 3 is 2.31 bits per heavy atom. The summed E-state index contributed by atoms with van der Waals surface area (Å²) in [6.07, 6.45) is 3.55. The van der Waals surface area contributed by atoms with E-state index in [-0.39, 0.29) is 24.2 Å². The molecule has 1 unspecified atom stereocenters. The molecule has 0 radical (unpaired) electrons. The first kappa shape index (κ1) is 18.7. The fourth-order valence-electron chi connectivity index (χ4n) is 3.69. The maximum atomic E-state index is 13.4. The Kier molecular flexibility index (Phi) is 6.17. The molecule has 2 aliphatic heterocycles. The van der Waals surface area contributed by atoms with Gasteiger partial charge in [-0.25, -0.2) is 0 Å². The first-order valence-electron chi connectivity index (χ1n) is 9.06. The van der Waals surface area contributed by atoms with Crippen LogP contribution in [0.2, 0.25) is 0 Å². The van der Waals surface area contributed by atoms with Gasteiger partial charge in [0.15, 0.2) is 17.3 Å². The van der Waals surface area contributed by atoms with Crippen molar-refractivity contribution in [1.29, 1.82) is 0 Å². The monoisotopic (exact) mass is 372 g/mol. The number of hydrogen-bond acceptors (Lipinski definition) is 4. The average Bonchev–Trinajstić information content (AvgIpc) is 2.69. The topological polar surface area (TPSA) is 38.8 Å². The molecule has 26 heavy (non-hydrogen) atoms. The minimum atomic E-state index is -0.232. The van der Waals surface area contributed by atoms with Crippen molar-refractivity contribution in [3.05, 3.63) is 59.7 Å². The zero-order chi connectivity index (χ0) is 17.1. The van der Waals surface area contributed by atoms with E-state index < -0.39 is 0 Å². The SMILES string of the molecule is O=C(c1ccc2c(c1)OCCO2)C(c1ccccc1)N1CCCCC1.[Cl-]. The summed E-state index contributed by atoms with van der Waals surface area (Å²) in [6.45, 7) is 3.02. The summed E-state index contributed by atoms with van der Waals surface area (Å²) in [4.78, 5) is 15.7. The Morgan fingerprint density at radius 1 is 0.885 bits per heavy atom. The third kappa shape index (κ3) is 3.87. The summed E-state index contributed by atoms with van der Waals surface area (Å²) in [6, 6.07) is 15.4. The lowest BCUT2D eigenvalue weighted by molar-refractivity contribution is -0.0000143. The molecule has 4 nitrogen and oxygen atoms in total. The van der Waals surface area contributed by atoms with E-state index in [1.54, 1.807) is 0 Å². The van der Waals surface area contributed by atoms with Crippen molar-refractivity contribution in [2.75, 3.05) is 26.3 Å². The van der Waals surface area contributed by atoms with E-state index in [0.29, 0.717) is 24.5 Å². The number of ketones is 1. The number of carbonyl (C=O) groups excluding carboxylic acids is 1. The lowest BCUT2D eigenvalue weighted by Crippen LogP contribution is -3.00. The van der Waals surface area contributed by atoms with Crippen molar-refractivity contribution < 1.29 is 26.7 Å². The maximum Gasteiger partial charge on any atom is 0.184 e. The molecule has 0 amide bonds. The average molecular weight is 373 g/mol. The molecular weight excluding hydrogens is 350 g/mol. The Morgan fingerprint density at radius 2 is 1.58 bits per heavy atom. The second kappa shape index (κ2) is 8.56. The standard InChI is InChI=1S/C21H23NO3.ClH/c23-21(17-9-10-18-19(15-17)25-14-13-24-18)20(16-7-3-1-4-8-16)22-11-5-2-6-12-22;/h1,3-4,7-10,15,20H,2,5-6,11-14H2;1H/p-1. The molecule has 2 aromatic carbocycles. The van der Waals surface area contributed by atoms with E-state index in [4.69, 9.17) is 9.47 Å². The highest BCUT2D eigenvalue weighted by atomic mass is 35.5. The number of halogens is 1. The van der Waals surface area contributed by atoms with Gasteiger partial charge < -0.3 is 21.9 Å². The molecule has 0 aliphatic carbocycles. The molecule has 2 heterocycles. The predicted molar refractivity (Wildman–Crippen MR) is 96.4 cm³/mol. The lowest BCUT2D eigenvalue weighted by atomic mass is 9.94. The van der Waals surface area contributed by atoms with E-state index in [0.717, 1.165) is 37.2 Å². The van der Waals surface area contributed by atoms with Crippen molar-refractivity contribution in [2.24, 2.45) is 0 Å². The zero-order valence-corrected chi connectivity index (χ0v) is 15.5. The Labute approximate surface area is 160 Å². The first-order chi connectivity index (χ1) is 12.3. The van der Waals surface area contributed by atoms with Gasteiger partial charge in [0.05, 0.1) is 6.04 Å². The number of hydrogen-bond donors (Lipinski definition) is 0. The Balaban J connectivity index is 0.00000196. The fourth-order valence-corrected chi connectivity index (χ4v) is 3.69. The molecule has 2 aromatic rings. The van der Waals surface area contributed by atoms with E-state index in [1.807, 2.05) is 36.4 Å². The van der Waals surface area contributed by atoms with Crippen molar-refractivity contribution in [2.45, 2.75) is 25.3 Å². The summed E-state index contributed by atoms with van der Waals surface area (Å²) in [5, 5.41) is 0. The van der Waals surface area contributed by atoms with Crippen LogP contribution in [0.1, 0.15) is 41.2 Å². The Bertz CT molecular complexity index is 744. The fraction of sp³-hybridized carbons (Fsp3) is 0.381. The minimum Gasteiger partial charge on any atom is -1.00 e. The van der Waals surface area contributed by atoms with Crippen LogP contribution in [0.25, 0.3) is 0 Å². The van der Waals surface area contributed by atoms with Crippen LogP contribution in [-0.4, -0.2) is 37.0 Å². The highest BCUT2D eigenvalue weighted by Gasteiger charge is 2.30. The lowest BCUT2D eigenvalue weighted by Gasteiger charge is -2.34. The molecule has 0 aromatic heterocycles. The van der Waals surface area contributed by atoms with Crippen molar-refractivity contribution in [3.8, 4) is 11.5 Å². The molecule has 138 valence electrons. The molecule has 0 saturated carbocycles. The molecule has 5 heteroatoms. The summed E-state index contributed by atoms with van der Waals surface area (Å²) < 4.78 is 11.2. The molecule has 2 aliphatic rings. The van der Waals surface area contributed by atoms with Gasteiger partial charge in [-0.3, -0.25) is 9.69 Å². The van der Waals surface area contributed by atoms with Crippen molar-refractivity contribution >= 4 is 5.78 Å². The van der Waals surface area contributed by atoms with Gasteiger partial charge >= 0.3 is 0 Å². The van der Waals surface area contributed by atoms with Crippen molar-refractivity contribution in [1.82, 2.24) is 4.90 Å². The molecule has 1 atom stereocenters. The second-order valence-corrected chi connectivity index (χ2v) is 6.63. The van der Waals surface area contributed by atoms with Gasteiger partial charge in [0, 0.05) is 5.56 Å². The van der Waals surface area contributed by atoms with Crippen LogP contribution in [0.4, 0.5) is 0 Å². The maximum absolute atomic E-state index is 13.4. The number of fused-ring (bicyclic) bond motifs is 1. The predicted octanol–water partition coefficient (Wildman–Crippen LogP) is 0.872. The summed E-state index contributed by atoms with van der Waals surface area (Å²) in [7, 11) is 0. The van der Waals surface area contributed by atoms with Crippen LogP contribution >= 0.6 is 0 Å². The van der Waals surface area contributed by atoms with Gasteiger partial charge in [0.1, 0.15) is 13.2 Å². The van der Waals surface area contributed by atoms with Crippen LogP contribution < -0.4 is 21.9 Å². The summed E-state index contributed by atoms with van der Waals surface area (Å²) in [5.41, 5.74) is 1.74. The molecule has 0 N–H and O–H groups in total. The number of piperidine rings is 1. The normalized spacial score (nSPS) is 17.8. The molecule has 4 rings (SSSR count). The quantitative estimate of drug-likeness (QED) is 0.747. The number of carbonyl (C=O) groups is 1. The molecule has 0 spiro atoms. The molecule has 0 bridgehead atoms. The van der Waals surface area contributed by atoms with Crippen molar-refractivity contribution in [3.63, 3.8) is 0 Å². The Hall–Kier alpha value is -2.04. The molecular formula is C21H23ClNO3-. The highest BCUT2D eigenvalue weighted by molar-refractivity contribution is 6.01. The number of rotatable bonds is 4. The van der Waals surface area contributed by atoms with Crippen LogP contribution in [-0.2, 0) is 0 Å². The third-order valence-electron chi connectivity index (χ3n) is 4.95. The van der Waals surface area contributed by atoms with Crippen LogP contribution in [0.15, 0.2) is 48.5 Å². The zero-order valence-electron chi connectivity index (χ0n) is 14.7. The first-order valence-corrected chi connectivity index (χ1v) is 9.06. The number of benzene rings is 2. The van der Waals surface area contributed by atoms with E-state index in [1.165, 1.54) is 6.42 Å². The largest absolute Gasteiger partial charge is 1.00 e. The van der Waals surface area contributed by atoms with Gasteiger partial charge in [-0.1, -0.05) is 36.8 Å². The smallest absolute Gasteiger partial charge is 0.184 e. The second-order valence-electron chi connectivity index (χ2n) is 6.63. The summed E-state index contributed by atoms with van der Waals surface area (Å²) >= 11 is 0. The number of ether oxygens (including phenoxy) is 2. The third-order valence-corrected chi connectivity index (χ3v) is 4.95. The van der Waals surface area contributed by atoms with Gasteiger partial charge in [0.2, 0.25) is 0 Å². The summed E-state index contributed by atoms with van der Waals surface area (Å²) in [5.74, 6) is 1.52. The number of likely N-dealkylation sites (tertiary alicyclic amines) is 1. The van der Waals surface area contributed by atoms with Crippen LogP contribution in [0.3, 0.4) is 0 Å². The minimum absolute atomic E-state index is 0. The molecule has 1 saturated heterocycles. The number of Topliss-reactive ketones (excluding diaryl/α,β-unsaturated/α-hetero) is 1.